The van der Waals surface area contributed by atoms with Crippen LogP contribution in [0.25, 0.3) is 0 Å². The Morgan fingerprint density at radius 2 is 1.95 bits per heavy atom. The van der Waals surface area contributed by atoms with Crippen LogP contribution in [0.3, 0.4) is 0 Å². The van der Waals surface area contributed by atoms with Crippen molar-refractivity contribution in [1.82, 2.24) is 10.2 Å². The number of nitrogens with one attached hydrogen (secondary N) is 1. The summed E-state index contributed by atoms with van der Waals surface area (Å²) in [5.41, 5.74) is 1.38. The second-order valence-electron chi connectivity index (χ2n) is 5.16. The lowest BCUT2D eigenvalue weighted by Crippen LogP contribution is -2.37. The fourth-order valence-electron chi connectivity index (χ4n) is 2.09. The molecule has 0 amide bonds. The Bertz CT molecular complexity index is 337. The highest BCUT2D eigenvalue weighted by atomic mass is 16.5. The molecule has 0 spiro atoms. The van der Waals surface area contributed by atoms with Crippen LogP contribution in [0.5, 0.6) is 5.75 Å². The molecule has 0 radical (unpaired) electrons. The van der Waals surface area contributed by atoms with E-state index in [4.69, 9.17) is 4.74 Å². The molecule has 1 aromatic carbocycles. The second kappa shape index (κ2) is 8.94. The van der Waals surface area contributed by atoms with Gasteiger partial charge in [0.25, 0.3) is 0 Å². The first-order valence-electron chi connectivity index (χ1n) is 7.20. The van der Waals surface area contributed by atoms with Gasteiger partial charge in [-0.3, -0.25) is 0 Å². The van der Waals surface area contributed by atoms with Gasteiger partial charge in [-0.1, -0.05) is 19.1 Å². The van der Waals surface area contributed by atoms with Crippen molar-refractivity contribution in [2.75, 3.05) is 33.8 Å². The summed E-state index contributed by atoms with van der Waals surface area (Å²) < 4.78 is 5.16. The van der Waals surface area contributed by atoms with Crippen molar-refractivity contribution < 1.29 is 4.74 Å². The molecular formula is C16H28N2O. The van der Waals surface area contributed by atoms with Crippen molar-refractivity contribution in [3.8, 4) is 5.75 Å². The van der Waals surface area contributed by atoms with E-state index in [-0.39, 0.29) is 0 Å². The van der Waals surface area contributed by atoms with Gasteiger partial charge in [0, 0.05) is 12.6 Å². The third-order valence-corrected chi connectivity index (χ3v) is 3.42. The molecule has 0 saturated heterocycles. The summed E-state index contributed by atoms with van der Waals surface area (Å²) in [4.78, 5) is 2.33. The number of likely N-dealkylation sites (N-methyl/N-ethyl adjacent to an activating group) is 1. The van der Waals surface area contributed by atoms with Crippen LogP contribution in [0.15, 0.2) is 24.3 Å². The zero-order valence-electron chi connectivity index (χ0n) is 12.8. The van der Waals surface area contributed by atoms with Crippen molar-refractivity contribution in [3.63, 3.8) is 0 Å². The van der Waals surface area contributed by atoms with Gasteiger partial charge in [0.15, 0.2) is 0 Å². The number of rotatable bonds is 9. The van der Waals surface area contributed by atoms with E-state index in [0.717, 1.165) is 31.8 Å². The highest BCUT2D eigenvalue weighted by molar-refractivity contribution is 5.27. The molecule has 1 unspecified atom stereocenters. The summed E-state index contributed by atoms with van der Waals surface area (Å²) in [7, 11) is 3.86. The molecule has 3 nitrogen and oxygen atoms in total. The standard InChI is InChI=1S/C16H28N2O/c1-5-18(3)13-14(2)17-12-6-7-15-8-10-16(19-4)11-9-15/h8-11,14,17H,5-7,12-13H2,1-4H3. The lowest BCUT2D eigenvalue weighted by Gasteiger charge is -2.20. The molecule has 108 valence electrons. The Morgan fingerprint density at radius 3 is 2.53 bits per heavy atom. The second-order valence-corrected chi connectivity index (χ2v) is 5.16. The fraction of sp³-hybridized carbons (Fsp3) is 0.625. The highest BCUT2D eigenvalue weighted by Crippen LogP contribution is 2.12. The number of benzene rings is 1. The maximum absolute atomic E-state index is 5.16. The zero-order chi connectivity index (χ0) is 14.1. The van der Waals surface area contributed by atoms with Crippen LogP contribution >= 0.6 is 0 Å². The zero-order valence-corrected chi connectivity index (χ0v) is 12.8. The fourth-order valence-corrected chi connectivity index (χ4v) is 2.09. The van der Waals surface area contributed by atoms with Crippen LogP contribution in [-0.2, 0) is 6.42 Å². The SMILES string of the molecule is CCN(C)CC(C)NCCCc1ccc(OC)cc1. The average Bonchev–Trinajstić information content (AvgIpc) is 2.44. The third kappa shape index (κ3) is 6.60. The van der Waals surface area contributed by atoms with E-state index >= 15 is 0 Å². The van der Waals surface area contributed by atoms with Gasteiger partial charge in [-0.25, -0.2) is 0 Å². The first-order chi connectivity index (χ1) is 9.15. The minimum absolute atomic E-state index is 0.556. The van der Waals surface area contributed by atoms with Gasteiger partial charge in [-0.2, -0.15) is 0 Å². The van der Waals surface area contributed by atoms with E-state index < -0.39 is 0 Å². The summed E-state index contributed by atoms with van der Waals surface area (Å²) in [6, 6.07) is 8.91. The number of hydrogen-bond donors (Lipinski definition) is 1. The maximum Gasteiger partial charge on any atom is 0.118 e. The van der Waals surface area contributed by atoms with E-state index in [1.54, 1.807) is 7.11 Å². The Morgan fingerprint density at radius 1 is 1.26 bits per heavy atom. The van der Waals surface area contributed by atoms with Gasteiger partial charge in [-0.05, 0) is 57.6 Å². The predicted molar refractivity (Wildman–Crippen MR) is 82.0 cm³/mol. The number of nitrogens with zero attached hydrogens (tertiary/aromatic N) is 1. The lowest BCUT2D eigenvalue weighted by atomic mass is 10.1. The van der Waals surface area contributed by atoms with Crippen LogP contribution in [-0.4, -0.2) is 44.7 Å². The van der Waals surface area contributed by atoms with Crippen molar-refractivity contribution in [3.05, 3.63) is 29.8 Å². The van der Waals surface area contributed by atoms with Crippen molar-refractivity contribution in [2.24, 2.45) is 0 Å². The molecule has 0 heterocycles. The van der Waals surface area contributed by atoms with Crippen LogP contribution in [0.1, 0.15) is 25.8 Å². The molecule has 0 fully saturated rings. The first kappa shape index (κ1) is 16.0. The molecule has 0 aliphatic heterocycles. The van der Waals surface area contributed by atoms with Crippen molar-refractivity contribution in [1.29, 1.82) is 0 Å². The largest absolute Gasteiger partial charge is 0.497 e. The molecular weight excluding hydrogens is 236 g/mol. The normalized spacial score (nSPS) is 12.7. The monoisotopic (exact) mass is 264 g/mol. The third-order valence-electron chi connectivity index (χ3n) is 3.42. The Labute approximate surface area is 118 Å². The van der Waals surface area contributed by atoms with Crippen molar-refractivity contribution >= 4 is 0 Å². The highest BCUT2D eigenvalue weighted by Gasteiger charge is 2.03. The average molecular weight is 264 g/mol. The van der Waals surface area contributed by atoms with Gasteiger partial charge in [0.2, 0.25) is 0 Å². The van der Waals surface area contributed by atoms with Gasteiger partial charge in [0.1, 0.15) is 5.75 Å². The van der Waals surface area contributed by atoms with Crippen LogP contribution < -0.4 is 10.1 Å². The molecule has 1 aromatic rings. The summed E-state index contributed by atoms with van der Waals surface area (Å²) in [5.74, 6) is 0.929. The van der Waals surface area contributed by atoms with Crippen LogP contribution in [0, 0.1) is 0 Å². The minimum Gasteiger partial charge on any atom is -0.497 e. The summed E-state index contributed by atoms with van der Waals surface area (Å²) in [5, 5.41) is 3.57. The molecule has 19 heavy (non-hydrogen) atoms. The van der Waals surface area contributed by atoms with Gasteiger partial charge < -0.3 is 15.0 Å². The minimum atomic E-state index is 0.556. The molecule has 1 rings (SSSR count). The Kier molecular flexibility index (Phi) is 7.53. The molecule has 0 aromatic heterocycles. The van der Waals surface area contributed by atoms with Crippen LogP contribution in [0.4, 0.5) is 0 Å². The maximum atomic E-state index is 5.16. The predicted octanol–water partition coefficient (Wildman–Crippen LogP) is 2.56. The smallest absolute Gasteiger partial charge is 0.118 e. The van der Waals surface area contributed by atoms with Crippen LogP contribution in [0.2, 0.25) is 0 Å². The molecule has 0 aliphatic carbocycles. The molecule has 1 N–H and O–H groups in total. The first-order valence-corrected chi connectivity index (χ1v) is 7.20. The van der Waals surface area contributed by atoms with Gasteiger partial charge in [-0.15, -0.1) is 0 Å². The van der Waals surface area contributed by atoms with E-state index in [1.807, 2.05) is 12.1 Å². The van der Waals surface area contributed by atoms with E-state index in [1.165, 1.54) is 12.0 Å². The molecule has 0 aliphatic rings. The quantitative estimate of drug-likeness (QED) is 0.694. The summed E-state index contributed by atoms with van der Waals surface area (Å²) >= 11 is 0. The number of aryl methyl sites for hydroxylation is 1. The molecule has 0 saturated carbocycles. The number of hydrogen-bond acceptors (Lipinski definition) is 3. The van der Waals surface area contributed by atoms with E-state index in [0.29, 0.717) is 6.04 Å². The Balaban J connectivity index is 2.16. The lowest BCUT2D eigenvalue weighted by molar-refractivity contribution is 0.310. The van der Waals surface area contributed by atoms with E-state index in [9.17, 15) is 0 Å². The van der Waals surface area contributed by atoms with Gasteiger partial charge >= 0.3 is 0 Å². The summed E-state index contributed by atoms with van der Waals surface area (Å²) in [6.07, 6.45) is 2.29. The van der Waals surface area contributed by atoms with Gasteiger partial charge in [0.05, 0.1) is 7.11 Å². The summed E-state index contributed by atoms with van der Waals surface area (Å²) in [6.45, 7) is 7.73. The molecule has 3 heteroatoms. The molecule has 0 bridgehead atoms. The van der Waals surface area contributed by atoms with E-state index in [2.05, 4.69) is 43.2 Å². The number of ether oxygens (including phenoxy) is 1. The Hall–Kier alpha value is -1.06. The van der Waals surface area contributed by atoms with Crippen molar-refractivity contribution in [2.45, 2.75) is 32.7 Å². The topological polar surface area (TPSA) is 24.5 Å². The molecule has 1 atom stereocenters. The number of methoxy groups -OCH3 is 1.